The van der Waals surface area contributed by atoms with Crippen molar-refractivity contribution in [2.75, 3.05) is 0 Å². The Morgan fingerprint density at radius 2 is 1.19 bits per heavy atom. The van der Waals surface area contributed by atoms with E-state index < -0.39 is 11.9 Å². The molecule has 158 valence electrons. The molecule has 0 aromatic heterocycles. The summed E-state index contributed by atoms with van der Waals surface area (Å²) in [7, 11) is 0. The van der Waals surface area contributed by atoms with Crippen LogP contribution in [0.4, 0.5) is 0 Å². The fourth-order valence-electron chi connectivity index (χ4n) is 2.90. The first-order chi connectivity index (χ1) is 15.0. The molecule has 6 heteroatoms. The van der Waals surface area contributed by atoms with Crippen LogP contribution in [0.25, 0.3) is 0 Å². The third-order valence-corrected chi connectivity index (χ3v) is 4.38. The SMILES string of the molecule is CC(=O)NCc1ccc(OC(=O)Cc2ccccc2)c(OC(=O)Cc2ccccc2)c1. The van der Waals surface area contributed by atoms with E-state index in [4.69, 9.17) is 9.47 Å². The van der Waals surface area contributed by atoms with E-state index in [0.29, 0.717) is 5.56 Å². The summed E-state index contributed by atoms with van der Waals surface area (Å²) in [6.07, 6.45) is 0.167. The number of hydrogen-bond acceptors (Lipinski definition) is 5. The smallest absolute Gasteiger partial charge is 0.315 e. The highest BCUT2D eigenvalue weighted by molar-refractivity contribution is 5.79. The molecule has 0 atom stereocenters. The Labute approximate surface area is 180 Å². The van der Waals surface area contributed by atoms with Gasteiger partial charge in [0.2, 0.25) is 5.91 Å². The van der Waals surface area contributed by atoms with E-state index in [2.05, 4.69) is 5.32 Å². The van der Waals surface area contributed by atoms with Gasteiger partial charge in [0.1, 0.15) is 0 Å². The maximum atomic E-state index is 12.5. The summed E-state index contributed by atoms with van der Waals surface area (Å²) < 4.78 is 11.0. The van der Waals surface area contributed by atoms with Gasteiger partial charge in [-0.15, -0.1) is 0 Å². The lowest BCUT2D eigenvalue weighted by Gasteiger charge is -2.13. The van der Waals surface area contributed by atoms with Crippen molar-refractivity contribution in [2.24, 2.45) is 0 Å². The number of benzene rings is 3. The van der Waals surface area contributed by atoms with Crippen molar-refractivity contribution in [2.45, 2.75) is 26.3 Å². The van der Waals surface area contributed by atoms with E-state index in [1.54, 1.807) is 18.2 Å². The number of hydrogen-bond donors (Lipinski definition) is 1. The summed E-state index contributed by atoms with van der Waals surface area (Å²) in [5, 5.41) is 2.69. The Bertz CT molecular complexity index is 1050. The predicted octanol–water partition coefficient (Wildman–Crippen LogP) is 3.62. The molecule has 0 fully saturated rings. The van der Waals surface area contributed by atoms with Crippen LogP contribution in [-0.2, 0) is 33.8 Å². The molecule has 0 radical (unpaired) electrons. The zero-order chi connectivity index (χ0) is 22.1. The van der Waals surface area contributed by atoms with Crippen LogP contribution in [0.2, 0.25) is 0 Å². The maximum Gasteiger partial charge on any atom is 0.315 e. The van der Waals surface area contributed by atoms with Crippen molar-refractivity contribution >= 4 is 17.8 Å². The lowest BCUT2D eigenvalue weighted by atomic mass is 10.1. The van der Waals surface area contributed by atoms with Gasteiger partial charge in [0.15, 0.2) is 11.5 Å². The highest BCUT2D eigenvalue weighted by Crippen LogP contribution is 2.29. The summed E-state index contributed by atoms with van der Waals surface area (Å²) in [4.78, 5) is 36.1. The molecule has 0 saturated heterocycles. The van der Waals surface area contributed by atoms with Crippen LogP contribution in [-0.4, -0.2) is 17.8 Å². The molecule has 0 aliphatic carbocycles. The molecule has 0 bridgehead atoms. The van der Waals surface area contributed by atoms with Crippen molar-refractivity contribution in [3.63, 3.8) is 0 Å². The molecule has 3 aromatic rings. The van der Waals surface area contributed by atoms with E-state index >= 15 is 0 Å². The largest absolute Gasteiger partial charge is 0.422 e. The second-order valence-electron chi connectivity index (χ2n) is 6.96. The Morgan fingerprint density at radius 3 is 1.71 bits per heavy atom. The van der Waals surface area contributed by atoms with E-state index in [1.807, 2.05) is 60.7 Å². The minimum absolute atomic E-state index is 0.0775. The highest BCUT2D eigenvalue weighted by Gasteiger charge is 2.16. The molecular weight excluding hydrogens is 394 g/mol. The number of amides is 1. The normalized spacial score (nSPS) is 10.2. The molecule has 0 spiro atoms. The second-order valence-corrected chi connectivity index (χ2v) is 6.96. The van der Waals surface area contributed by atoms with E-state index in [0.717, 1.165) is 11.1 Å². The molecule has 3 aromatic carbocycles. The summed E-state index contributed by atoms with van der Waals surface area (Å²) in [6, 6.07) is 23.3. The van der Waals surface area contributed by atoms with Crippen molar-refractivity contribution in [1.82, 2.24) is 5.32 Å². The quantitative estimate of drug-likeness (QED) is 0.447. The van der Waals surface area contributed by atoms with Gasteiger partial charge in [0.05, 0.1) is 12.8 Å². The van der Waals surface area contributed by atoms with E-state index in [9.17, 15) is 14.4 Å². The molecule has 1 amide bonds. The average molecular weight is 417 g/mol. The van der Waals surface area contributed by atoms with Crippen LogP contribution in [0.1, 0.15) is 23.6 Å². The van der Waals surface area contributed by atoms with Gasteiger partial charge in [0, 0.05) is 13.5 Å². The van der Waals surface area contributed by atoms with E-state index in [1.165, 1.54) is 6.92 Å². The Morgan fingerprint density at radius 1 is 0.677 bits per heavy atom. The molecule has 0 aliphatic rings. The summed E-state index contributed by atoms with van der Waals surface area (Å²) >= 11 is 0. The summed E-state index contributed by atoms with van der Waals surface area (Å²) in [5.41, 5.74) is 2.34. The van der Waals surface area contributed by atoms with Crippen LogP contribution < -0.4 is 14.8 Å². The lowest BCUT2D eigenvalue weighted by molar-refractivity contribution is -0.136. The van der Waals surface area contributed by atoms with Crippen molar-refractivity contribution < 1.29 is 23.9 Å². The topological polar surface area (TPSA) is 81.7 Å². The van der Waals surface area contributed by atoms with Crippen molar-refractivity contribution in [1.29, 1.82) is 0 Å². The fourth-order valence-corrected chi connectivity index (χ4v) is 2.90. The molecule has 6 nitrogen and oxygen atoms in total. The van der Waals surface area contributed by atoms with Crippen LogP contribution in [0.3, 0.4) is 0 Å². The molecule has 31 heavy (non-hydrogen) atoms. The molecule has 0 unspecified atom stereocenters. The fraction of sp³-hybridized carbons (Fsp3) is 0.160. The van der Waals surface area contributed by atoms with Gasteiger partial charge in [-0.1, -0.05) is 66.7 Å². The number of nitrogens with one attached hydrogen (secondary N) is 1. The maximum absolute atomic E-state index is 12.5. The standard InChI is InChI=1S/C25H23NO5/c1-18(27)26-17-21-12-13-22(30-24(28)15-19-8-4-2-5-9-19)23(14-21)31-25(29)16-20-10-6-3-7-11-20/h2-14H,15-17H2,1H3,(H,26,27). The molecule has 0 saturated carbocycles. The first-order valence-electron chi connectivity index (χ1n) is 9.86. The van der Waals surface area contributed by atoms with Crippen LogP contribution in [0.15, 0.2) is 78.9 Å². The summed E-state index contributed by atoms with van der Waals surface area (Å²) in [6.45, 7) is 1.68. The molecule has 0 aliphatic heterocycles. The first kappa shape index (κ1) is 21.8. The van der Waals surface area contributed by atoms with Crippen LogP contribution >= 0.6 is 0 Å². The zero-order valence-electron chi connectivity index (χ0n) is 17.2. The Balaban J connectivity index is 1.75. The van der Waals surface area contributed by atoms with Gasteiger partial charge in [-0.3, -0.25) is 14.4 Å². The van der Waals surface area contributed by atoms with Crippen molar-refractivity contribution in [3.05, 3.63) is 95.6 Å². The van der Waals surface area contributed by atoms with Crippen LogP contribution in [0.5, 0.6) is 11.5 Å². The monoisotopic (exact) mass is 417 g/mol. The van der Waals surface area contributed by atoms with E-state index in [-0.39, 0.29) is 36.8 Å². The Hall–Kier alpha value is -3.93. The number of rotatable bonds is 8. The lowest BCUT2D eigenvalue weighted by Crippen LogP contribution is -2.19. The molecule has 0 heterocycles. The van der Waals surface area contributed by atoms with Crippen LogP contribution in [0, 0.1) is 0 Å². The number of carbonyl (C=O) groups is 3. The third-order valence-electron chi connectivity index (χ3n) is 4.38. The van der Waals surface area contributed by atoms with Gasteiger partial charge < -0.3 is 14.8 Å². The predicted molar refractivity (Wildman–Crippen MR) is 116 cm³/mol. The Kier molecular flexibility index (Phi) is 7.54. The van der Waals surface area contributed by atoms with Gasteiger partial charge in [-0.05, 0) is 28.8 Å². The van der Waals surface area contributed by atoms with Gasteiger partial charge in [-0.2, -0.15) is 0 Å². The minimum Gasteiger partial charge on any atom is -0.422 e. The molecule has 3 rings (SSSR count). The van der Waals surface area contributed by atoms with Gasteiger partial charge >= 0.3 is 11.9 Å². The van der Waals surface area contributed by atoms with Gasteiger partial charge in [-0.25, -0.2) is 0 Å². The summed E-state index contributed by atoms with van der Waals surface area (Å²) in [5.74, 6) is -0.857. The highest BCUT2D eigenvalue weighted by atomic mass is 16.6. The first-order valence-corrected chi connectivity index (χ1v) is 9.86. The number of esters is 2. The number of carbonyl (C=O) groups excluding carboxylic acids is 3. The molecule has 1 N–H and O–H groups in total. The third kappa shape index (κ3) is 7.12. The zero-order valence-corrected chi connectivity index (χ0v) is 17.2. The van der Waals surface area contributed by atoms with Gasteiger partial charge in [0.25, 0.3) is 0 Å². The second kappa shape index (κ2) is 10.7. The van der Waals surface area contributed by atoms with Crippen molar-refractivity contribution in [3.8, 4) is 11.5 Å². The minimum atomic E-state index is -0.483. The molecular formula is C25H23NO5. The number of ether oxygens (including phenoxy) is 2. The average Bonchev–Trinajstić information content (AvgIpc) is 2.75.